The molecule has 1 N–H and O–H groups in total. The molecule has 176 valence electrons. The van der Waals surface area contributed by atoms with E-state index in [-0.39, 0.29) is 0 Å². The van der Waals surface area contributed by atoms with Gasteiger partial charge in [0.1, 0.15) is 6.33 Å². The van der Waals surface area contributed by atoms with Gasteiger partial charge in [-0.15, -0.1) is 10.2 Å². The van der Waals surface area contributed by atoms with Crippen molar-refractivity contribution in [1.29, 1.82) is 0 Å². The van der Waals surface area contributed by atoms with E-state index in [1.165, 1.54) is 18.0 Å². The molecule has 0 amide bonds. The van der Waals surface area contributed by atoms with Crippen molar-refractivity contribution in [1.82, 2.24) is 24.6 Å². The molecule has 35 heavy (non-hydrogen) atoms. The van der Waals surface area contributed by atoms with Crippen molar-refractivity contribution >= 4 is 11.6 Å². The number of rotatable bonds is 7. The number of nitrogens with zero attached hydrogens (tertiary/aromatic N) is 5. The molecule has 0 saturated heterocycles. The molecule has 0 saturated carbocycles. The van der Waals surface area contributed by atoms with Gasteiger partial charge in [0.05, 0.1) is 16.8 Å². The van der Waals surface area contributed by atoms with Crippen molar-refractivity contribution in [2.24, 2.45) is 0 Å². The normalized spacial score (nSPS) is 11.6. The van der Waals surface area contributed by atoms with E-state index in [0.717, 1.165) is 25.0 Å². The lowest BCUT2D eigenvalue weighted by Gasteiger charge is -2.16. The number of hydrogen-bond acceptors (Lipinski definition) is 5. The minimum atomic E-state index is -4.47. The largest absolute Gasteiger partial charge is 0.416 e. The number of aryl methyl sites for hydroxylation is 1. The van der Waals surface area contributed by atoms with Gasteiger partial charge in [0.2, 0.25) is 5.95 Å². The average Bonchev–Trinajstić information content (AvgIpc) is 3.37. The Bertz CT molecular complexity index is 1430. The fourth-order valence-electron chi connectivity index (χ4n) is 3.98. The van der Waals surface area contributed by atoms with Crippen LogP contribution in [0.25, 0.3) is 28.0 Å². The first-order chi connectivity index (χ1) is 17.0. The van der Waals surface area contributed by atoms with E-state index in [0.29, 0.717) is 40.5 Å². The Kier molecular flexibility index (Phi) is 6.13. The van der Waals surface area contributed by atoms with E-state index in [1.807, 2.05) is 18.2 Å². The quantitative estimate of drug-likeness (QED) is 0.297. The summed E-state index contributed by atoms with van der Waals surface area (Å²) >= 11 is 0. The van der Waals surface area contributed by atoms with Crippen LogP contribution in [0.1, 0.15) is 17.5 Å². The number of anilines is 1. The molecule has 0 unspecified atom stereocenters. The molecule has 0 aliphatic rings. The third-order valence-electron chi connectivity index (χ3n) is 5.65. The van der Waals surface area contributed by atoms with Gasteiger partial charge in [0, 0.05) is 24.5 Å². The number of alkyl halides is 3. The maximum atomic E-state index is 13.5. The molecule has 2 aromatic carbocycles. The standard InChI is InChI=1S/C26H21F3N6/c27-26(28,29)21-10-4-9-20(16-21)22-23(19-11-14-30-15-12-19)33-25(35-17-32-34-24(22)35)31-13-5-8-18-6-2-1-3-7-18/h1-4,6-7,9-12,14-17H,5,8,13H2,(H,31,33). The van der Waals surface area contributed by atoms with Gasteiger partial charge in [-0.25, -0.2) is 4.98 Å². The van der Waals surface area contributed by atoms with Gasteiger partial charge in [0.25, 0.3) is 0 Å². The van der Waals surface area contributed by atoms with Crippen molar-refractivity contribution in [2.75, 3.05) is 11.9 Å². The molecule has 5 aromatic rings. The molecule has 5 rings (SSSR count). The lowest BCUT2D eigenvalue weighted by Crippen LogP contribution is -2.11. The summed E-state index contributed by atoms with van der Waals surface area (Å²) in [5.74, 6) is 0.514. The second kappa shape index (κ2) is 9.54. The van der Waals surface area contributed by atoms with Crippen molar-refractivity contribution in [3.8, 4) is 22.4 Å². The molecule has 0 spiro atoms. The summed E-state index contributed by atoms with van der Waals surface area (Å²) in [4.78, 5) is 8.88. The molecule has 0 fully saturated rings. The number of fused-ring (bicyclic) bond motifs is 1. The minimum Gasteiger partial charge on any atom is -0.355 e. The topological polar surface area (TPSA) is 68.0 Å². The molecule has 6 nitrogen and oxygen atoms in total. The lowest BCUT2D eigenvalue weighted by molar-refractivity contribution is -0.137. The SMILES string of the molecule is FC(F)(F)c1cccc(-c2c(-c3ccncc3)nc(NCCCc3ccccc3)n3cnnc23)c1. The van der Waals surface area contributed by atoms with Crippen LogP contribution in [0.2, 0.25) is 0 Å². The third-order valence-corrected chi connectivity index (χ3v) is 5.65. The Morgan fingerprint density at radius 2 is 1.69 bits per heavy atom. The van der Waals surface area contributed by atoms with Crippen LogP contribution in [0.3, 0.4) is 0 Å². The first-order valence-corrected chi connectivity index (χ1v) is 11.1. The van der Waals surface area contributed by atoms with Crippen LogP contribution in [0, 0.1) is 0 Å². The fraction of sp³-hybridized carbons (Fsp3) is 0.154. The van der Waals surface area contributed by atoms with E-state index in [2.05, 4.69) is 32.6 Å². The van der Waals surface area contributed by atoms with Crippen LogP contribution in [-0.2, 0) is 12.6 Å². The summed E-state index contributed by atoms with van der Waals surface area (Å²) in [5, 5.41) is 11.6. The fourth-order valence-corrected chi connectivity index (χ4v) is 3.98. The van der Waals surface area contributed by atoms with Crippen LogP contribution in [-0.4, -0.2) is 31.1 Å². The summed E-state index contributed by atoms with van der Waals surface area (Å²) < 4.78 is 42.0. The van der Waals surface area contributed by atoms with Crippen LogP contribution in [0.4, 0.5) is 19.1 Å². The zero-order valence-corrected chi connectivity index (χ0v) is 18.6. The summed E-state index contributed by atoms with van der Waals surface area (Å²) in [6, 6.07) is 18.9. The Balaban J connectivity index is 1.56. The highest BCUT2D eigenvalue weighted by atomic mass is 19.4. The summed E-state index contributed by atoms with van der Waals surface area (Å²) in [7, 11) is 0. The van der Waals surface area contributed by atoms with Gasteiger partial charge in [-0.2, -0.15) is 13.2 Å². The van der Waals surface area contributed by atoms with E-state index in [1.54, 1.807) is 35.0 Å². The smallest absolute Gasteiger partial charge is 0.355 e. The Morgan fingerprint density at radius 3 is 2.46 bits per heavy atom. The van der Waals surface area contributed by atoms with Gasteiger partial charge < -0.3 is 5.32 Å². The molecular formula is C26H21F3N6. The Labute approximate surface area is 199 Å². The molecule has 3 heterocycles. The number of halogens is 3. The van der Waals surface area contributed by atoms with E-state index in [9.17, 15) is 13.2 Å². The van der Waals surface area contributed by atoms with Crippen molar-refractivity contribution < 1.29 is 13.2 Å². The van der Waals surface area contributed by atoms with Crippen molar-refractivity contribution in [3.05, 3.63) is 96.6 Å². The number of nitrogens with one attached hydrogen (secondary N) is 1. The molecule has 3 aromatic heterocycles. The van der Waals surface area contributed by atoms with Gasteiger partial charge >= 0.3 is 6.18 Å². The highest BCUT2D eigenvalue weighted by Gasteiger charge is 2.31. The lowest BCUT2D eigenvalue weighted by atomic mass is 9.99. The molecule has 0 radical (unpaired) electrons. The number of benzene rings is 2. The van der Waals surface area contributed by atoms with Gasteiger partial charge in [-0.1, -0.05) is 42.5 Å². The summed E-state index contributed by atoms with van der Waals surface area (Å²) in [6.07, 6.45) is 2.05. The molecule has 0 atom stereocenters. The van der Waals surface area contributed by atoms with E-state index < -0.39 is 11.7 Å². The maximum absolute atomic E-state index is 13.5. The second-order valence-corrected chi connectivity index (χ2v) is 8.01. The predicted octanol–water partition coefficient (Wildman–Crippen LogP) is 5.92. The van der Waals surface area contributed by atoms with Crippen molar-refractivity contribution in [3.63, 3.8) is 0 Å². The van der Waals surface area contributed by atoms with Crippen molar-refractivity contribution in [2.45, 2.75) is 19.0 Å². The monoisotopic (exact) mass is 474 g/mol. The molecule has 9 heteroatoms. The number of pyridine rings is 1. The predicted molar refractivity (Wildman–Crippen MR) is 128 cm³/mol. The zero-order chi connectivity index (χ0) is 24.3. The first kappa shape index (κ1) is 22.5. The molecule has 0 bridgehead atoms. The highest BCUT2D eigenvalue weighted by Crippen LogP contribution is 2.38. The maximum Gasteiger partial charge on any atom is 0.416 e. The Morgan fingerprint density at radius 1 is 0.886 bits per heavy atom. The van der Waals surface area contributed by atoms with Gasteiger partial charge in [0.15, 0.2) is 5.65 Å². The van der Waals surface area contributed by atoms with Crippen LogP contribution < -0.4 is 5.32 Å². The number of hydrogen-bond donors (Lipinski definition) is 1. The molecule has 0 aliphatic heterocycles. The molecular weight excluding hydrogens is 453 g/mol. The molecule has 0 aliphatic carbocycles. The third kappa shape index (κ3) is 4.84. The average molecular weight is 474 g/mol. The summed E-state index contributed by atoms with van der Waals surface area (Å²) in [5.41, 5.74) is 2.95. The second-order valence-electron chi connectivity index (χ2n) is 8.01. The highest BCUT2D eigenvalue weighted by molar-refractivity contribution is 5.90. The van der Waals surface area contributed by atoms with Crippen LogP contribution >= 0.6 is 0 Å². The first-order valence-electron chi connectivity index (χ1n) is 11.1. The van der Waals surface area contributed by atoms with Gasteiger partial charge in [-0.05, 0) is 48.2 Å². The summed E-state index contributed by atoms with van der Waals surface area (Å²) in [6.45, 7) is 0.647. The zero-order valence-electron chi connectivity index (χ0n) is 18.6. The number of aromatic nitrogens is 5. The van der Waals surface area contributed by atoms with Gasteiger partial charge in [-0.3, -0.25) is 9.38 Å². The van der Waals surface area contributed by atoms with E-state index in [4.69, 9.17) is 4.98 Å². The minimum absolute atomic E-state index is 0.354. The Hall–Kier alpha value is -4.27. The van der Waals surface area contributed by atoms with E-state index >= 15 is 0 Å². The van der Waals surface area contributed by atoms with Crippen LogP contribution in [0.15, 0.2) is 85.5 Å². The van der Waals surface area contributed by atoms with Crippen LogP contribution in [0.5, 0.6) is 0 Å².